The van der Waals surface area contributed by atoms with Crippen molar-refractivity contribution in [2.75, 3.05) is 11.5 Å². The minimum atomic E-state index is -0.598. The molecule has 0 spiro atoms. The molecule has 2 aromatic rings. The molecule has 3 nitrogen and oxygen atoms in total. The van der Waals surface area contributed by atoms with Crippen molar-refractivity contribution in [2.45, 2.75) is 24.8 Å². The van der Waals surface area contributed by atoms with Crippen molar-refractivity contribution in [1.29, 1.82) is 0 Å². The number of aromatic nitrogens is 1. The van der Waals surface area contributed by atoms with Crippen LogP contribution in [0.4, 0.5) is 5.82 Å². The molecule has 1 unspecified atom stereocenters. The zero-order valence-corrected chi connectivity index (χ0v) is 11.9. The number of nitrogen functional groups attached to an aromatic ring is 1. The molecule has 0 bridgehead atoms. The first-order valence-corrected chi connectivity index (χ1v) is 7.15. The van der Waals surface area contributed by atoms with E-state index in [0.717, 1.165) is 16.0 Å². The largest absolute Gasteiger partial charge is 0.387 e. The zero-order chi connectivity index (χ0) is 13.8. The molecule has 0 fully saturated rings. The topological polar surface area (TPSA) is 59.1 Å². The zero-order valence-electron chi connectivity index (χ0n) is 11.1. The van der Waals surface area contributed by atoms with Gasteiger partial charge in [-0.3, -0.25) is 0 Å². The fourth-order valence-corrected chi connectivity index (χ4v) is 2.95. The standard InChI is InChI=1S/C15H18N2OS/c1-10-4-3-5-12(8-10)19-9-13(18)14-11(2)6-7-17-15(14)16/h3-8,13,18H,9H2,1-2H3,(H2,16,17). The Morgan fingerprint density at radius 3 is 2.79 bits per heavy atom. The van der Waals surface area contributed by atoms with Crippen LogP contribution in [0.25, 0.3) is 0 Å². The number of aliphatic hydroxyl groups is 1. The molecule has 100 valence electrons. The monoisotopic (exact) mass is 274 g/mol. The lowest BCUT2D eigenvalue weighted by atomic mass is 10.1. The molecule has 0 saturated carbocycles. The van der Waals surface area contributed by atoms with Gasteiger partial charge in [0.2, 0.25) is 0 Å². The molecule has 1 aromatic carbocycles. The lowest BCUT2D eigenvalue weighted by molar-refractivity contribution is 0.204. The Bertz CT molecular complexity index is 552. The number of benzene rings is 1. The van der Waals surface area contributed by atoms with Crippen LogP contribution in [0.15, 0.2) is 41.4 Å². The van der Waals surface area contributed by atoms with Crippen molar-refractivity contribution < 1.29 is 5.11 Å². The van der Waals surface area contributed by atoms with Gasteiger partial charge in [-0.2, -0.15) is 0 Å². The fraction of sp³-hybridized carbons (Fsp3) is 0.267. The van der Waals surface area contributed by atoms with Gasteiger partial charge in [-0.25, -0.2) is 4.98 Å². The predicted molar refractivity (Wildman–Crippen MR) is 80.2 cm³/mol. The molecule has 0 aliphatic carbocycles. The number of nitrogens with two attached hydrogens (primary N) is 1. The Balaban J connectivity index is 2.07. The summed E-state index contributed by atoms with van der Waals surface area (Å²) in [6.07, 6.45) is 1.06. The van der Waals surface area contributed by atoms with Crippen LogP contribution in [-0.2, 0) is 0 Å². The SMILES string of the molecule is Cc1cccc(SCC(O)c2c(C)ccnc2N)c1. The highest BCUT2D eigenvalue weighted by Crippen LogP contribution is 2.29. The van der Waals surface area contributed by atoms with Gasteiger partial charge in [0.1, 0.15) is 5.82 Å². The summed E-state index contributed by atoms with van der Waals surface area (Å²) in [5.74, 6) is 0.984. The summed E-state index contributed by atoms with van der Waals surface area (Å²) >= 11 is 1.62. The van der Waals surface area contributed by atoms with Gasteiger partial charge in [-0.1, -0.05) is 17.7 Å². The van der Waals surface area contributed by atoms with E-state index in [-0.39, 0.29) is 0 Å². The summed E-state index contributed by atoms with van der Waals surface area (Å²) in [5, 5.41) is 10.3. The number of thioether (sulfide) groups is 1. The second kappa shape index (κ2) is 6.08. The van der Waals surface area contributed by atoms with Crippen molar-refractivity contribution in [1.82, 2.24) is 4.98 Å². The summed E-state index contributed by atoms with van der Waals surface area (Å²) in [4.78, 5) is 5.19. The summed E-state index contributed by atoms with van der Waals surface area (Å²) in [7, 11) is 0. The molecule has 4 heteroatoms. The van der Waals surface area contributed by atoms with Gasteiger partial charge in [0.05, 0.1) is 6.10 Å². The van der Waals surface area contributed by atoms with Crippen molar-refractivity contribution in [3.63, 3.8) is 0 Å². The van der Waals surface area contributed by atoms with E-state index in [1.165, 1.54) is 5.56 Å². The van der Waals surface area contributed by atoms with Gasteiger partial charge in [-0.05, 0) is 37.6 Å². The number of aliphatic hydroxyl groups excluding tert-OH is 1. The molecular weight excluding hydrogens is 256 g/mol. The third kappa shape index (κ3) is 3.49. The van der Waals surface area contributed by atoms with Crippen LogP contribution in [0.3, 0.4) is 0 Å². The maximum absolute atomic E-state index is 10.3. The minimum Gasteiger partial charge on any atom is -0.387 e. The molecule has 0 aliphatic rings. The molecule has 0 amide bonds. The lowest BCUT2D eigenvalue weighted by Gasteiger charge is -2.15. The van der Waals surface area contributed by atoms with Gasteiger partial charge >= 0.3 is 0 Å². The number of aryl methyl sites for hydroxylation is 2. The first-order chi connectivity index (χ1) is 9.08. The van der Waals surface area contributed by atoms with Crippen LogP contribution in [0.5, 0.6) is 0 Å². The Labute approximate surface area is 117 Å². The average Bonchev–Trinajstić information content (AvgIpc) is 2.36. The molecule has 1 aromatic heterocycles. The van der Waals surface area contributed by atoms with Crippen LogP contribution in [-0.4, -0.2) is 15.8 Å². The first-order valence-electron chi connectivity index (χ1n) is 6.16. The number of pyridine rings is 1. The van der Waals surface area contributed by atoms with E-state index in [1.807, 2.05) is 25.1 Å². The molecule has 1 atom stereocenters. The van der Waals surface area contributed by atoms with Crippen LogP contribution in [0.1, 0.15) is 22.8 Å². The summed E-state index contributed by atoms with van der Waals surface area (Å²) < 4.78 is 0. The maximum atomic E-state index is 10.3. The van der Waals surface area contributed by atoms with Gasteiger partial charge in [0.15, 0.2) is 0 Å². The van der Waals surface area contributed by atoms with Crippen LogP contribution >= 0.6 is 11.8 Å². The number of rotatable bonds is 4. The Morgan fingerprint density at radius 1 is 1.32 bits per heavy atom. The van der Waals surface area contributed by atoms with Crippen molar-refractivity contribution in [3.8, 4) is 0 Å². The van der Waals surface area contributed by atoms with Crippen LogP contribution < -0.4 is 5.73 Å². The van der Waals surface area contributed by atoms with Gasteiger partial charge in [0.25, 0.3) is 0 Å². The van der Waals surface area contributed by atoms with Crippen LogP contribution in [0, 0.1) is 13.8 Å². The molecular formula is C15H18N2OS. The highest BCUT2D eigenvalue weighted by atomic mass is 32.2. The number of hydrogen-bond acceptors (Lipinski definition) is 4. The second-order valence-electron chi connectivity index (χ2n) is 4.57. The lowest BCUT2D eigenvalue weighted by Crippen LogP contribution is -2.08. The summed E-state index contributed by atoms with van der Waals surface area (Å²) in [6, 6.07) is 10.1. The number of hydrogen-bond donors (Lipinski definition) is 2. The smallest absolute Gasteiger partial charge is 0.129 e. The third-order valence-corrected chi connectivity index (χ3v) is 4.04. The fourth-order valence-electron chi connectivity index (χ4n) is 1.99. The summed E-state index contributed by atoms with van der Waals surface area (Å²) in [6.45, 7) is 4.00. The van der Waals surface area contributed by atoms with Gasteiger partial charge in [-0.15, -0.1) is 11.8 Å². The number of anilines is 1. The van der Waals surface area contributed by atoms with E-state index in [9.17, 15) is 5.11 Å². The summed E-state index contributed by atoms with van der Waals surface area (Å²) in [5.41, 5.74) is 8.77. The molecule has 19 heavy (non-hydrogen) atoms. The Kier molecular flexibility index (Phi) is 4.45. The van der Waals surface area contributed by atoms with Crippen molar-refractivity contribution in [3.05, 3.63) is 53.2 Å². The molecule has 0 aliphatic heterocycles. The van der Waals surface area contributed by atoms with E-state index < -0.39 is 6.10 Å². The predicted octanol–water partition coefficient (Wildman–Crippen LogP) is 3.11. The van der Waals surface area contributed by atoms with E-state index in [2.05, 4.69) is 24.0 Å². The van der Waals surface area contributed by atoms with Crippen LogP contribution in [0.2, 0.25) is 0 Å². The maximum Gasteiger partial charge on any atom is 0.129 e. The highest BCUT2D eigenvalue weighted by molar-refractivity contribution is 7.99. The van der Waals surface area contributed by atoms with E-state index in [4.69, 9.17) is 5.73 Å². The highest BCUT2D eigenvalue weighted by Gasteiger charge is 2.15. The van der Waals surface area contributed by atoms with Crippen molar-refractivity contribution >= 4 is 17.6 Å². The third-order valence-electron chi connectivity index (χ3n) is 2.97. The number of nitrogens with zero attached hydrogens (tertiary/aromatic N) is 1. The second-order valence-corrected chi connectivity index (χ2v) is 5.66. The van der Waals surface area contributed by atoms with E-state index in [1.54, 1.807) is 18.0 Å². The normalized spacial score (nSPS) is 12.4. The molecule has 3 N–H and O–H groups in total. The van der Waals surface area contributed by atoms with Crippen molar-refractivity contribution in [2.24, 2.45) is 0 Å². The van der Waals surface area contributed by atoms with Gasteiger partial charge < -0.3 is 10.8 Å². The molecule has 0 radical (unpaired) electrons. The Morgan fingerprint density at radius 2 is 2.11 bits per heavy atom. The Hall–Kier alpha value is -1.52. The van der Waals surface area contributed by atoms with Gasteiger partial charge in [0, 0.05) is 22.4 Å². The van der Waals surface area contributed by atoms with E-state index in [0.29, 0.717) is 11.6 Å². The van der Waals surface area contributed by atoms with E-state index >= 15 is 0 Å². The minimum absolute atomic E-state index is 0.414. The molecule has 1 heterocycles. The quantitative estimate of drug-likeness (QED) is 0.841. The average molecular weight is 274 g/mol. The first kappa shape index (κ1) is 13.9. The molecule has 0 saturated heterocycles. The molecule has 2 rings (SSSR count).